The number of nitrogen functional groups attached to an aromatic ring is 1. The van der Waals surface area contributed by atoms with Gasteiger partial charge >= 0.3 is 16.3 Å². The summed E-state index contributed by atoms with van der Waals surface area (Å²) < 4.78 is 33.6. The number of carboxylic acid groups (broad SMARTS) is 1. The van der Waals surface area contributed by atoms with Gasteiger partial charge in [0.25, 0.3) is 11.8 Å². The van der Waals surface area contributed by atoms with Crippen LogP contribution in [0, 0.1) is 5.41 Å². The summed E-state index contributed by atoms with van der Waals surface area (Å²) in [6.45, 7) is 0.147. The van der Waals surface area contributed by atoms with Gasteiger partial charge in [-0.15, -0.1) is 11.3 Å². The van der Waals surface area contributed by atoms with Gasteiger partial charge < -0.3 is 37.4 Å². The number of hydrogen-bond acceptors (Lipinski definition) is 14. The van der Waals surface area contributed by atoms with Gasteiger partial charge in [0.2, 0.25) is 5.60 Å². The van der Waals surface area contributed by atoms with Crippen LogP contribution in [-0.2, 0) is 42.6 Å². The molecule has 1 aliphatic heterocycles. The summed E-state index contributed by atoms with van der Waals surface area (Å²) in [7, 11) is -5.03. The number of amides is 2. The molecule has 41 heavy (non-hydrogen) atoms. The Morgan fingerprint density at radius 1 is 1.39 bits per heavy atom. The number of carbonyl (C=O) groups excluding carboxylic acids is 2. The highest BCUT2D eigenvalue weighted by Gasteiger charge is 2.56. The maximum absolute atomic E-state index is 13.2. The average Bonchev–Trinajstić information content (AvgIpc) is 3.36. The molecule has 0 unspecified atom stereocenters. The Morgan fingerprint density at radius 3 is 2.63 bits per heavy atom. The van der Waals surface area contributed by atoms with Gasteiger partial charge in [0.05, 0.1) is 19.3 Å². The topological polar surface area (TPSA) is 311 Å². The van der Waals surface area contributed by atoms with E-state index in [4.69, 9.17) is 27.4 Å². The molecule has 4 rings (SSSR count). The molecule has 2 atom stereocenters. The number of nitrogens with two attached hydrogens (primary N) is 3. The lowest BCUT2D eigenvalue weighted by Crippen LogP contribution is -2.73. The van der Waals surface area contributed by atoms with E-state index in [1.807, 2.05) is 0 Å². The van der Waals surface area contributed by atoms with Crippen molar-refractivity contribution in [3.63, 3.8) is 0 Å². The number of oxime groups is 1. The minimum atomic E-state index is -5.03. The number of carbonyl (C=O) groups is 3. The fraction of sp³-hybridized carbons (Fsp3) is 0.474. The molecule has 2 fully saturated rings. The summed E-state index contributed by atoms with van der Waals surface area (Å²) >= 11 is 0.957. The van der Waals surface area contributed by atoms with Gasteiger partial charge in [-0.2, -0.15) is 23.4 Å². The van der Waals surface area contributed by atoms with E-state index >= 15 is 0 Å². The van der Waals surface area contributed by atoms with E-state index < -0.39 is 51.5 Å². The van der Waals surface area contributed by atoms with Gasteiger partial charge in [-0.3, -0.25) is 19.6 Å². The van der Waals surface area contributed by atoms with E-state index in [1.165, 1.54) is 16.5 Å². The van der Waals surface area contributed by atoms with E-state index in [-0.39, 0.29) is 60.1 Å². The van der Waals surface area contributed by atoms with Crippen molar-refractivity contribution in [1.82, 2.24) is 34.5 Å². The summed E-state index contributed by atoms with van der Waals surface area (Å²) in [6, 6.07) is -2.87. The zero-order valence-electron chi connectivity index (χ0n) is 21.1. The molecule has 2 amide bonds. The molecule has 20 nitrogen and oxygen atoms in total. The average molecular weight is 615 g/mol. The number of rotatable bonds is 13. The Bertz CT molecular complexity index is 1500. The first kappa shape index (κ1) is 29.6. The van der Waals surface area contributed by atoms with Crippen LogP contribution >= 0.6 is 11.3 Å². The third-order valence-electron chi connectivity index (χ3n) is 6.12. The van der Waals surface area contributed by atoms with Gasteiger partial charge in [0, 0.05) is 31.3 Å². The first-order valence-electron chi connectivity index (χ1n) is 11.8. The molecule has 2 aromatic rings. The van der Waals surface area contributed by atoms with Crippen molar-refractivity contribution >= 4 is 56.2 Å². The van der Waals surface area contributed by atoms with Crippen LogP contribution in [-0.4, -0.2) is 107 Å². The summed E-state index contributed by atoms with van der Waals surface area (Å²) in [5.74, 6) is -3.75. The second-order valence-corrected chi connectivity index (χ2v) is 11.2. The largest absolute Gasteiger partial charge is 0.478 e. The zero-order valence-corrected chi connectivity index (χ0v) is 22.7. The Hall–Kier alpha value is -4.41. The Morgan fingerprint density at radius 2 is 2.10 bits per heavy atom. The Kier molecular flexibility index (Phi) is 8.10. The maximum atomic E-state index is 13.2. The smallest absolute Gasteiger partial charge is 0.362 e. The third kappa shape index (κ3) is 6.34. The van der Waals surface area contributed by atoms with E-state index in [0.29, 0.717) is 5.69 Å². The number of carboxylic acids is 1. The van der Waals surface area contributed by atoms with Crippen molar-refractivity contribution in [1.29, 1.82) is 5.41 Å². The molecule has 0 radical (unpaired) electrons. The van der Waals surface area contributed by atoms with Crippen LogP contribution in [0.5, 0.6) is 0 Å². The standard InChI is InChI=1S/C19H26N12O8S2/c20-3-4-29(17(21)22)6-9-5-24-30(27-9)7-11-13(15(33)31(11)41(36,37)38)26-14(32)12(10-8-40-18(23)25-10)28-39-19(1-2-19)16(34)35/h5,8,11,13H,1-4,6-7,20H2,(H3,21,22)(H2,23,25)(H,26,32)(H,34,35)(H,36,37,38)/t11-,13-/m0/s1. The summed E-state index contributed by atoms with van der Waals surface area (Å²) in [5.41, 5.74) is 14.8. The molecular weight excluding hydrogens is 588 g/mol. The summed E-state index contributed by atoms with van der Waals surface area (Å²) in [5, 5.41) is 32.6. The van der Waals surface area contributed by atoms with Crippen LogP contribution in [0.2, 0.25) is 0 Å². The predicted octanol–water partition coefficient (Wildman–Crippen LogP) is -3.49. The number of aliphatic carboxylic acids is 1. The van der Waals surface area contributed by atoms with Gasteiger partial charge in [0.1, 0.15) is 23.5 Å². The highest BCUT2D eigenvalue weighted by Crippen LogP contribution is 2.40. The highest BCUT2D eigenvalue weighted by atomic mass is 32.2. The highest BCUT2D eigenvalue weighted by molar-refractivity contribution is 7.84. The van der Waals surface area contributed by atoms with Crippen molar-refractivity contribution in [2.75, 3.05) is 18.8 Å². The second kappa shape index (κ2) is 11.2. The van der Waals surface area contributed by atoms with Crippen molar-refractivity contribution in [3.05, 3.63) is 23.0 Å². The van der Waals surface area contributed by atoms with Crippen LogP contribution in [0.3, 0.4) is 0 Å². The molecule has 1 saturated carbocycles. The Balaban J connectivity index is 1.54. The lowest BCUT2D eigenvalue weighted by Gasteiger charge is -2.43. The minimum Gasteiger partial charge on any atom is -0.478 e. The number of nitrogens with zero attached hydrogens (tertiary/aromatic N) is 7. The number of β-lactam (4-membered cyclic amide) rings is 1. The third-order valence-corrected chi connectivity index (χ3v) is 7.74. The fourth-order valence-electron chi connectivity index (χ4n) is 3.84. The molecule has 3 heterocycles. The molecular formula is C19H26N12O8S2. The normalized spacial score (nSPS) is 19.8. The monoisotopic (exact) mass is 614 g/mol. The number of guanidine groups is 1. The lowest BCUT2D eigenvalue weighted by atomic mass is 9.98. The van der Waals surface area contributed by atoms with Crippen LogP contribution in [0.25, 0.3) is 0 Å². The van der Waals surface area contributed by atoms with Crippen molar-refractivity contribution in [2.24, 2.45) is 16.6 Å². The number of anilines is 1. The number of hydrogen-bond donors (Lipinski definition) is 7. The SMILES string of the molecule is N=C(N)N(CCN)Cc1cnn(C[C@H]2[C@H](NC(=O)C(=NOC3(C(=O)O)CC3)c3csc(N)n3)C(=O)N2S(=O)(=O)O)n1. The summed E-state index contributed by atoms with van der Waals surface area (Å²) in [6.07, 6.45) is 1.63. The van der Waals surface area contributed by atoms with Crippen molar-refractivity contribution in [3.8, 4) is 0 Å². The van der Waals surface area contributed by atoms with Gasteiger partial charge in [-0.05, 0) is 0 Å². The molecule has 0 spiro atoms. The van der Waals surface area contributed by atoms with Gasteiger partial charge in [-0.25, -0.2) is 14.1 Å². The van der Waals surface area contributed by atoms with Crippen molar-refractivity contribution < 1.29 is 37.3 Å². The quantitative estimate of drug-likeness (QED) is 0.0378. The predicted molar refractivity (Wildman–Crippen MR) is 139 cm³/mol. The lowest BCUT2D eigenvalue weighted by molar-refractivity contribution is -0.153. The molecule has 1 saturated heterocycles. The van der Waals surface area contributed by atoms with Gasteiger partial charge in [0.15, 0.2) is 16.8 Å². The number of nitrogens with one attached hydrogen (secondary N) is 2. The molecule has 22 heteroatoms. The van der Waals surface area contributed by atoms with E-state index in [9.17, 15) is 32.5 Å². The molecule has 1 aliphatic carbocycles. The second-order valence-electron chi connectivity index (χ2n) is 9.02. The number of thiazole rings is 1. The molecule has 2 aromatic heterocycles. The first-order valence-corrected chi connectivity index (χ1v) is 14.0. The van der Waals surface area contributed by atoms with E-state index in [1.54, 1.807) is 0 Å². The maximum Gasteiger partial charge on any atom is 0.362 e. The van der Waals surface area contributed by atoms with Crippen LogP contribution < -0.4 is 22.5 Å². The van der Waals surface area contributed by atoms with Crippen molar-refractivity contribution in [2.45, 2.75) is 43.6 Å². The fourth-order valence-corrected chi connectivity index (χ4v) is 5.26. The number of aromatic nitrogens is 4. The molecule has 0 bridgehead atoms. The van der Waals surface area contributed by atoms with Crippen LogP contribution in [0.15, 0.2) is 16.7 Å². The zero-order chi connectivity index (χ0) is 30.1. The van der Waals surface area contributed by atoms with Crippen LogP contribution in [0.4, 0.5) is 5.13 Å². The van der Waals surface area contributed by atoms with Gasteiger partial charge in [-0.1, -0.05) is 5.16 Å². The Labute approximate surface area is 235 Å². The molecule has 10 N–H and O–H groups in total. The molecule has 222 valence electrons. The van der Waals surface area contributed by atoms with Crippen LogP contribution in [0.1, 0.15) is 24.2 Å². The molecule has 0 aromatic carbocycles. The van der Waals surface area contributed by atoms with E-state index in [2.05, 4.69) is 25.7 Å². The summed E-state index contributed by atoms with van der Waals surface area (Å²) in [4.78, 5) is 48.9. The molecule has 2 aliphatic rings. The minimum absolute atomic E-state index is 0.0605. The van der Waals surface area contributed by atoms with E-state index in [0.717, 1.165) is 16.1 Å². The first-order chi connectivity index (χ1) is 19.3.